The molecule has 2 aromatic rings. The Hall–Kier alpha value is -2.73. The van der Waals surface area contributed by atoms with Crippen LogP contribution in [0.1, 0.15) is 61.4 Å². The van der Waals surface area contributed by atoms with E-state index >= 15 is 0 Å². The molecule has 2 aromatic carbocycles. The van der Waals surface area contributed by atoms with E-state index in [0.717, 1.165) is 60.4 Å². The lowest BCUT2D eigenvalue weighted by Crippen LogP contribution is -2.43. The summed E-state index contributed by atoms with van der Waals surface area (Å²) in [6, 6.07) is 12.9. The van der Waals surface area contributed by atoms with Gasteiger partial charge < -0.3 is 24.0 Å². The van der Waals surface area contributed by atoms with Gasteiger partial charge in [-0.1, -0.05) is 13.3 Å². The van der Waals surface area contributed by atoms with E-state index < -0.39 is 0 Å². The molecule has 0 spiro atoms. The number of amides is 1. The zero-order valence-corrected chi connectivity index (χ0v) is 20.6. The minimum absolute atomic E-state index is 0.0176. The number of anilines is 1. The van der Waals surface area contributed by atoms with Gasteiger partial charge in [0.15, 0.2) is 11.5 Å². The molecule has 3 atom stereocenters. The fourth-order valence-electron chi connectivity index (χ4n) is 5.69. The van der Waals surface area contributed by atoms with E-state index in [0.29, 0.717) is 31.0 Å². The number of hydrogen-bond acceptors (Lipinski definition) is 5. The quantitative estimate of drug-likeness (QED) is 0.510. The van der Waals surface area contributed by atoms with Gasteiger partial charge in [-0.25, -0.2) is 0 Å². The van der Waals surface area contributed by atoms with Gasteiger partial charge in [-0.3, -0.25) is 4.79 Å². The predicted octanol–water partition coefficient (Wildman–Crippen LogP) is 5.08. The van der Waals surface area contributed by atoms with Crippen LogP contribution in [0.5, 0.6) is 17.2 Å². The highest BCUT2D eigenvalue weighted by molar-refractivity contribution is 6.08. The molecule has 5 rings (SSSR count). The van der Waals surface area contributed by atoms with Crippen molar-refractivity contribution >= 4 is 11.6 Å². The van der Waals surface area contributed by atoms with Gasteiger partial charge in [-0.05, 0) is 81.5 Å². The van der Waals surface area contributed by atoms with Gasteiger partial charge in [0.1, 0.15) is 11.9 Å². The third kappa shape index (κ3) is 4.48. The Morgan fingerprint density at radius 3 is 2.56 bits per heavy atom. The van der Waals surface area contributed by atoms with E-state index in [1.807, 2.05) is 41.3 Å². The van der Waals surface area contributed by atoms with Crippen molar-refractivity contribution in [2.45, 2.75) is 70.1 Å². The molecule has 2 bridgehead atoms. The maximum absolute atomic E-state index is 13.3. The largest absolute Gasteiger partial charge is 0.494 e. The fraction of sp³-hybridized carbons (Fsp3) is 0.536. The molecule has 1 unspecified atom stereocenters. The monoisotopic (exact) mass is 464 g/mol. The van der Waals surface area contributed by atoms with Gasteiger partial charge >= 0.3 is 0 Å². The van der Waals surface area contributed by atoms with Crippen molar-refractivity contribution in [1.29, 1.82) is 0 Å². The Labute approximate surface area is 202 Å². The highest BCUT2D eigenvalue weighted by atomic mass is 16.5. The van der Waals surface area contributed by atoms with Crippen molar-refractivity contribution in [3.63, 3.8) is 0 Å². The first-order valence-electron chi connectivity index (χ1n) is 12.7. The van der Waals surface area contributed by atoms with E-state index in [-0.39, 0.29) is 12.0 Å². The molecule has 34 heavy (non-hydrogen) atoms. The molecule has 0 aromatic heterocycles. The number of ether oxygens (including phenoxy) is 3. The van der Waals surface area contributed by atoms with Crippen molar-refractivity contribution in [3.8, 4) is 17.2 Å². The Kier molecular flexibility index (Phi) is 6.68. The Balaban J connectivity index is 1.29. The molecular weight excluding hydrogens is 428 g/mol. The van der Waals surface area contributed by atoms with Gasteiger partial charge in [0.25, 0.3) is 5.91 Å². The molecule has 6 nitrogen and oxygen atoms in total. The number of piperidine rings is 1. The van der Waals surface area contributed by atoms with Crippen LogP contribution in [0.25, 0.3) is 0 Å². The molecule has 2 fully saturated rings. The van der Waals surface area contributed by atoms with Gasteiger partial charge in [0.2, 0.25) is 0 Å². The summed E-state index contributed by atoms with van der Waals surface area (Å²) in [5, 5.41) is 0. The van der Waals surface area contributed by atoms with Crippen LogP contribution < -0.4 is 19.1 Å². The smallest absolute Gasteiger partial charge is 0.258 e. The number of methoxy groups -OCH3 is 1. The molecule has 0 aliphatic carbocycles. The average molecular weight is 465 g/mol. The van der Waals surface area contributed by atoms with Crippen molar-refractivity contribution in [2.75, 3.05) is 32.2 Å². The van der Waals surface area contributed by atoms with E-state index in [4.69, 9.17) is 14.2 Å². The summed E-state index contributed by atoms with van der Waals surface area (Å²) in [6.07, 6.45) is 7.79. The predicted molar refractivity (Wildman–Crippen MR) is 133 cm³/mol. The van der Waals surface area contributed by atoms with Crippen molar-refractivity contribution in [1.82, 2.24) is 4.90 Å². The number of rotatable bonds is 8. The SMILES string of the molecule is CCCCOc1ccc2c(c1)CCN(c1ccc(OC3C[C@H]4CC[C@@H](C3)N4C)c(OC)c1)C2=O. The number of benzene rings is 2. The molecule has 2 saturated heterocycles. The van der Waals surface area contributed by atoms with E-state index in [1.165, 1.54) is 12.8 Å². The third-order valence-electron chi connectivity index (χ3n) is 7.73. The van der Waals surface area contributed by atoms with E-state index in [9.17, 15) is 4.79 Å². The number of fused-ring (bicyclic) bond motifs is 3. The second kappa shape index (κ2) is 9.87. The van der Waals surface area contributed by atoms with Crippen LogP contribution in [0.15, 0.2) is 36.4 Å². The topological polar surface area (TPSA) is 51.2 Å². The van der Waals surface area contributed by atoms with Crippen molar-refractivity contribution < 1.29 is 19.0 Å². The summed E-state index contributed by atoms with van der Waals surface area (Å²) in [5.41, 5.74) is 2.64. The minimum Gasteiger partial charge on any atom is -0.494 e. The molecule has 6 heteroatoms. The maximum atomic E-state index is 13.3. The molecule has 0 N–H and O–H groups in total. The summed E-state index contributed by atoms with van der Waals surface area (Å²) in [7, 11) is 3.90. The van der Waals surface area contributed by atoms with Crippen LogP contribution in [0.4, 0.5) is 5.69 Å². The van der Waals surface area contributed by atoms with Crippen LogP contribution in [0.3, 0.4) is 0 Å². The Morgan fingerprint density at radius 1 is 1.03 bits per heavy atom. The molecule has 1 amide bonds. The van der Waals surface area contributed by atoms with Crippen LogP contribution in [0.2, 0.25) is 0 Å². The number of carbonyl (C=O) groups excluding carboxylic acids is 1. The number of hydrogen-bond donors (Lipinski definition) is 0. The molecule has 3 aliphatic rings. The summed E-state index contributed by atoms with van der Waals surface area (Å²) >= 11 is 0. The van der Waals surface area contributed by atoms with Crippen LogP contribution >= 0.6 is 0 Å². The van der Waals surface area contributed by atoms with E-state index in [2.05, 4.69) is 18.9 Å². The van der Waals surface area contributed by atoms with Crippen LogP contribution in [-0.2, 0) is 6.42 Å². The minimum atomic E-state index is 0.0176. The van der Waals surface area contributed by atoms with Gasteiger partial charge in [0, 0.05) is 35.9 Å². The number of carbonyl (C=O) groups is 1. The molecule has 182 valence electrons. The average Bonchev–Trinajstić information content (AvgIpc) is 3.05. The summed E-state index contributed by atoms with van der Waals surface area (Å²) < 4.78 is 17.9. The van der Waals surface area contributed by atoms with Crippen LogP contribution in [0, 0.1) is 0 Å². The summed E-state index contributed by atoms with van der Waals surface area (Å²) in [6.45, 7) is 3.49. The van der Waals surface area contributed by atoms with Gasteiger partial charge in [-0.2, -0.15) is 0 Å². The molecular formula is C28H36N2O4. The Bertz CT molecular complexity index is 1030. The van der Waals surface area contributed by atoms with Gasteiger partial charge in [-0.15, -0.1) is 0 Å². The fourth-order valence-corrected chi connectivity index (χ4v) is 5.69. The lowest BCUT2D eigenvalue weighted by Gasteiger charge is -2.36. The first-order chi connectivity index (χ1) is 16.6. The second-order valence-corrected chi connectivity index (χ2v) is 9.82. The second-order valence-electron chi connectivity index (χ2n) is 9.82. The standard InChI is InChI=1S/C28H36N2O4/c1-4-5-14-33-23-9-10-25-19(15-23)12-13-30(28(25)31)22-8-11-26(27(18-22)32-3)34-24-16-20-6-7-21(17-24)29(20)2/h8-11,15,18,20-21,24H,4-7,12-14,16-17H2,1-3H3/t20-,21+,24?. The molecule has 3 heterocycles. The molecule has 0 radical (unpaired) electrons. The highest BCUT2D eigenvalue weighted by Crippen LogP contribution is 2.39. The van der Waals surface area contributed by atoms with Gasteiger partial charge in [0.05, 0.1) is 13.7 Å². The maximum Gasteiger partial charge on any atom is 0.258 e. The first kappa shape index (κ1) is 23.0. The molecule has 0 saturated carbocycles. The Morgan fingerprint density at radius 2 is 1.82 bits per heavy atom. The highest BCUT2D eigenvalue weighted by Gasteiger charge is 2.39. The number of nitrogens with zero attached hydrogens (tertiary/aromatic N) is 2. The van der Waals surface area contributed by atoms with Crippen molar-refractivity contribution in [2.24, 2.45) is 0 Å². The van der Waals surface area contributed by atoms with E-state index in [1.54, 1.807) is 7.11 Å². The van der Waals surface area contributed by atoms with Crippen LogP contribution in [-0.4, -0.2) is 56.3 Å². The summed E-state index contributed by atoms with van der Waals surface area (Å²) in [4.78, 5) is 17.7. The molecule has 3 aliphatic heterocycles. The lowest BCUT2D eigenvalue weighted by atomic mass is 9.98. The zero-order valence-electron chi connectivity index (χ0n) is 20.6. The number of unbranched alkanes of at least 4 members (excludes halogenated alkanes) is 1. The first-order valence-corrected chi connectivity index (χ1v) is 12.7. The lowest BCUT2D eigenvalue weighted by molar-refractivity contribution is 0.0643. The third-order valence-corrected chi connectivity index (χ3v) is 7.73. The van der Waals surface area contributed by atoms with Crippen molar-refractivity contribution in [3.05, 3.63) is 47.5 Å². The zero-order chi connectivity index (χ0) is 23.7. The normalized spacial score (nSPS) is 24.1. The summed E-state index contributed by atoms with van der Waals surface area (Å²) in [5.74, 6) is 2.31.